The van der Waals surface area contributed by atoms with Gasteiger partial charge < -0.3 is 4.90 Å². The van der Waals surface area contributed by atoms with Crippen molar-refractivity contribution in [3.63, 3.8) is 0 Å². The molecule has 2 fully saturated rings. The molecule has 1 saturated carbocycles. The van der Waals surface area contributed by atoms with Gasteiger partial charge in [-0.05, 0) is 49.3 Å². The second-order valence-electron chi connectivity index (χ2n) is 6.23. The first-order valence-electron chi connectivity index (χ1n) is 7.75. The topological polar surface area (TPSA) is 20.3 Å². The molecule has 0 bridgehead atoms. The molecule has 3 rings (SSSR count). The highest BCUT2D eigenvalue weighted by molar-refractivity contribution is 6.30. The molecule has 0 aromatic heterocycles. The Morgan fingerprint density at radius 3 is 2.60 bits per heavy atom. The molecular weight excluding hydrogens is 270 g/mol. The zero-order valence-electron chi connectivity index (χ0n) is 11.9. The third-order valence-corrected chi connectivity index (χ3v) is 4.78. The second-order valence-corrected chi connectivity index (χ2v) is 6.67. The SMILES string of the molecule is O=C(CC1CC1)N1CCCCC(c2ccc(Cl)cc2)C1. The number of hydrogen-bond donors (Lipinski definition) is 0. The van der Waals surface area contributed by atoms with Crippen molar-refractivity contribution in [3.8, 4) is 0 Å². The van der Waals surface area contributed by atoms with Gasteiger partial charge in [0.15, 0.2) is 0 Å². The molecule has 1 aliphatic carbocycles. The molecule has 0 radical (unpaired) electrons. The summed E-state index contributed by atoms with van der Waals surface area (Å²) in [5.41, 5.74) is 1.32. The molecule has 0 N–H and O–H groups in total. The quantitative estimate of drug-likeness (QED) is 0.816. The van der Waals surface area contributed by atoms with Crippen LogP contribution in [0.3, 0.4) is 0 Å². The van der Waals surface area contributed by atoms with E-state index in [-0.39, 0.29) is 0 Å². The van der Waals surface area contributed by atoms with E-state index in [1.165, 1.54) is 31.2 Å². The first-order valence-corrected chi connectivity index (χ1v) is 8.13. The fourth-order valence-corrected chi connectivity index (χ4v) is 3.20. The molecule has 2 aliphatic rings. The van der Waals surface area contributed by atoms with Crippen molar-refractivity contribution in [1.29, 1.82) is 0 Å². The first-order chi connectivity index (χ1) is 9.72. The minimum absolute atomic E-state index is 0.369. The Bertz CT molecular complexity index is 466. The third-order valence-electron chi connectivity index (χ3n) is 4.53. The molecule has 1 aromatic carbocycles. The van der Waals surface area contributed by atoms with E-state index in [4.69, 9.17) is 11.6 Å². The molecule has 1 unspecified atom stereocenters. The van der Waals surface area contributed by atoms with Crippen LogP contribution in [0.2, 0.25) is 5.02 Å². The van der Waals surface area contributed by atoms with Gasteiger partial charge in [0.1, 0.15) is 0 Å². The van der Waals surface area contributed by atoms with Gasteiger partial charge in [-0.3, -0.25) is 4.79 Å². The number of hydrogen-bond acceptors (Lipinski definition) is 1. The van der Waals surface area contributed by atoms with E-state index < -0.39 is 0 Å². The first kappa shape index (κ1) is 13.9. The zero-order chi connectivity index (χ0) is 13.9. The average Bonchev–Trinajstić information content (AvgIpc) is 3.25. The zero-order valence-corrected chi connectivity index (χ0v) is 12.6. The van der Waals surface area contributed by atoms with E-state index in [1.54, 1.807) is 0 Å². The predicted octanol–water partition coefficient (Wildman–Crippen LogP) is 4.24. The summed E-state index contributed by atoms with van der Waals surface area (Å²) in [6.07, 6.45) is 6.80. The minimum Gasteiger partial charge on any atom is -0.342 e. The van der Waals surface area contributed by atoms with Gasteiger partial charge in [0.05, 0.1) is 0 Å². The summed E-state index contributed by atoms with van der Waals surface area (Å²) in [7, 11) is 0. The molecule has 3 heteroatoms. The van der Waals surface area contributed by atoms with Crippen molar-refractivity contribution in [1.82, 2.24) is 4.90 Å². The monoisotopic (exact) mass is 291 g/mol. The Morgan fingerprint density at radius 2 is 1.90 bits per heavy atom. The number of carbonyl (C=O) groups is 1. The maximum absolute atomic E-state index is 12.3. The highest BCUT2D eigenvalue weighted by Crippen LogP contribution is 2.34. The van der Waals surface area contributed by atoms with Crippen molar-refractivity contribution in [2.24, 2.45) is 5.92 Å². The van der Waals surface area contributed by atoms with Crippen LogP contribution in [0, 0.1) is 5.92 Å². The second kappa shape index (κ2) is 6.17. The van der Waals surface area contributed by atoms with Crippen molar-refractivity contribution < 1.29 is 4.79 Å². The van der Waals surface area contributed by atoms with Gasteiger partial charge in [0.25, 0.3) is 0 Å². The number of amides is 1. The van der Waals surface area contributed by atoms with Crippen LogP contribution in [0.1, 0.15) is 50.0 Å². The van der Waals surface area contributed by atoms with Crippen LogP contribution >= 0.6 is 11.6 Å². The Labute approximate surface area is 126 Å². The molecular formula is C17H22ClNO. The summed E-state index contributed by atoms with van der Waals surface area (Å²) in [4.78, 5) is 14.4. The third kappa shape index (κ3) is 3.54. The highest BCUT2D eigenvalue weighted by Gasteiger charge is 2.29. The largest absolute Gasteiger partial charge is 0.342 e. The molecule has 1 atom stereocenters. The molecule has 108 valence electrons. The van der Waals surface area contributed by atoms with Gasteiger partial charge in [-0.25, -0.2) is 0 Å². The maximum atomic E-state index is 12.3. The Balaban J connectivity index is 1.67. The van der Waals surface area contributed by atoms with Gasteiger partial charge in [0, 0.05) is 30.5 Å². The van der Waals surface area contributed by atoms with Gasteiger partial charge in [0.2, 0.25) is 5.91 Å². The number of benzene rings is 1. The Kier molecular flexibility index (Phi) is 4.30. The summed E-state index contributed by atoms with van der Waals surface area (Å²) >= 11 is 5.96. The summed E-state index contributed by atoms with van der Waals surface area (Å²) < 4.78 is 0. The number of nitrogens with zero attached hydrogens (tertiary/aromatic N) is 1. The lowest BCUT2D eigenvalue weighted by Crippen LogP contribution is -2.34. The van der Waals surface area contributed by atoms with Crippen molar-refractivity contribution >= 4 is 17.5 Å². The van der Waals surface area contributed by atoms with Crippen LogP contribution in [0.5, 0.6) is 0 Å². The minimum atomic E-state index is 0.369. The van der Waals surface area contributed by atoms with Crippen LogP contribution in [0.15, 0.2) is 24.3 Å². The highest BCUT2D eigenvalue weighted by atomic mass is 35.5. The fourth-order valence-electron chi connectivity index (χ4n) is 3.07. The lowest BCUT2D eigenvalue weighted by atomic mass is 9.94. The van der Waals surface area contributed by atoms with E-state index in [0.29, 0.717) is 17.7 Å². The van der Waals surface area contributed by atoms with Crippen LogP contribution in [0.4, 0.5) is 0 Å². The Hall–Kier alpha value is -1.02. The van der Waals surface area contributed by atoms with E-state index in [0.717, 1.165) is 31.0 Å². The van der Waals surface area contributed by atoms with E-state index in [9.17, 15) is 4.79 Å². The van der Waals surface area contributed by atoms with E-state index in [2.05, 4.69) is 17.0 Å². The van der Waals surface area contributed by atoms with Crippen molar-refractivity contribution in [3.05, 3.63) is 34.9 Å². The average molecular weight is 292 g/mol. The number of halogens is 1. The summed E-state index contributed by atoms with van der Waals surface area (Å²) in [5.74, 6) is 1.52. The molecule has 1 aromatic rings. The van der Waals surface area contributed by atoms with Crippen molar-refractivity contribution in [2.45, 2.75) is 44.4 Å². The molecule has 0 spiro atoms. The fraction of sp³-hybridized carbons (Fsp3) is 0.588. The summed E-state index contributed by atoms with van der Waals surface area (Å²) in [6.45, 7) is 1.82. The Morgan fingerprint density at radius 1 is 1.15 bits per heavy atom. The van der Waals surface area contributed by atoms with Crippen LogP contribution in [-0.4, -0.2) is 23.9 Å². The van der Waals surface area contributed by atoms with E-state index in [1.807, 2.05) is 12.1 Å². The lowest BCUT2D eigenvalue weighted by molar-refractivity contribution is -0.131. The summed E-state index contributed by atoms with van der Waals surface area (Å²) in [5, 5.41) is 0.782. The van der Waals surface area contributed by atoms with Crippen LogP contribution < -0.4 is 0 Å². The molecule has 20 heavy (non-hydrogen) atoms. The smallest absolute Gasteiger partial charge is 0.222 e. The standard InChI is InChI=1S/C17H22ClNO/c18-16-8-6-14(7-9-16)15-3-1-2-10-19(12-15)17(20)11-13-4-5-13/h6-9,13,15H,1-5,10-12H2. The number of carbonyl (C=O) groups excluding carboxylic acids is 1. The van der Waals surface area contributed by atoms with Crippen molar-refractivity contribution in [2.75, 3.05) is 13.1 Å². The number of likely N-dealkylation sites (tertiary alicyclic amines) is 1. The molecule has 1 saturated heterocycles. The van der Waals surface area contributed by atoms with Gasteiger partial charge >= 0.3 is 0 Å². The molecule has 2 nitrogen and oxygen atoms in total. The van der Waals surface area contributed by atoms with Crippen LogP contribution in [0.25, 0.3) is 0 Å². The van der Waals surface area contributed by atoms with Gasteiger partial charge in [-0.15, -0.1) is 0 Å². The van der Waals surface area contributed by atoms with Crippen LogP contribution in [-0.2, 0) is 4.79 Å². The molecule has 1 aliphatic heterocycles. The lowest BCUT2D eigenvalue weighted by Gasteiger charge is -2.25. The number of rotatable bonds is 3. The normalized spacial score (nSPS) is 23.4. The maximum Gasteiger partial charge on any atom is 0.222 e. The predicted molar refractivity (Wildman–Crippen MR) is 82.0 cm³/mol. The van der Waals surface area contributed by atoms with Gasteiger partial charge in [-0.2, -0.15) is 0 Å². The molecule has 1 amide bonds. The molecule has 1 heterocycles. The van der Waals surface area contributed by atoms with Gasteiger partial charge in [-0.1, -0.05) is 30.2 Å². The van der Waals surface area contributed by atoms with E-state index >= 15 is 0 Å². The summed E-state index contributed by atoms with van der Waals surface area (Å²) in [6, 6.07) is 8.14.